The zero-order valence-electron chi connectivity index (χ0n) is 14.3. The Morgan fingerprint density at radius 3 is 2.58 bits per heavy atom. The lowest BCUT2D eigenvalue weighted by atomic mass is 9.88. The molecule has 1 aliphatic rings. The predicted molar refractivity (Wildman–Crippen MR) is 97.9 cm³/mol. The molecule has 2 aromatic rings. The molecule has 0 fully saturated rings. The Balaban J connectivity index is 1.97. The van der Waals surface area contributed by atoms with Crippen LogP contribution >= 0.6 is 11.3 Å². The van der Waals surface area contributed by atoms with Gasteiger partial charge in [-0.3, -0.25) is 9.59 Å². The first-order valence-corrected chi connectivity index (χ1v) is 9.01. The van der Waals surface area contributed by atoms with Crippen molar-refractivity contribution >= 4 is 28.2 Å². The van der Waals surface area contributed by atoms with Crippen molar-refractivity contribution in [1.82, 2.24) is 4.90 Å². The molecule has 1 aromatic heterocycles. The van der Waals surface area contributed by atoms with E-state index in [0.717, 1.165) is 24.8 Å². The number of hydrogen-bond donors (Lipinski definition) is 1. The molecular weight excluding hydrogens is 320 g/mol. The van der Waals surface area contributed by atoms with Crippen LogP contribution in [-0.4, -0.2) is 30.8 Å². The third-order valence-electron chi connectivity index (χ3n) is 4.39. The van der Waals surface area contributed by atoms with Gasteiger partial charge in [0.05, 0.1) is 5.56 Å². The molecule has 2 amide bonds. The maximum Gasteiger partial charge on any atom is 0.256 e. The minimum atomic E-state index is -0.171. The molecule has 1 heterocycles. The molecule has 0 bridgehead atoms. The highest BCUT2D eigenvalue weighted by Crippen LogP contribution is 2.40. The molecule has 5 heteroatoms. The standard InChI is InChI=1S/C19H22N2O2S/c1-12-9-10-14-15(11-12)24-18(16(14)19(23)21(2)3)20-17(22)13-7-5-4-6-8-13/h4-8,12H,9-11H2,1-3H3,(H,20,22). The van der Waals surface area contributed by atoms with E-state index in [0.29, 0.717) is 22.0 Å². The van der Waals surface area contributed by atoms with Gasteiger partial charge in [-0.1, -0.05) is 25.1 Å². The number of hydrogen-bond acceptors (Lipinski definition) is 3. The Kier molecular flexibility index (Phi) is 4.71. The van der Waals surface area contributed by atoms with Crippen LogP contribution in [0.25, 0.3) is 0 Å². The van der Waals surface area contributed by atoms with Gasteiger partial charge in [0.2, 0.25) is 0 Å². The molecule has 0 aliphatic heterocycles. The quantitative estimate of drug-likeness (QED) is 0.922. The number of thiophene rings is 1. The van der Waals surface area contributed by atoms with Crippen LogP contribution in [0.3, 0.4) is 0 Å². The monoisotopic (exact) mass is 342 g/mol. The van der Waals surface area contributed by atoms with Crippen LogP contribution in [0, 0.1) is 5.92 Å². The van der Waals surface area contributed by atoms with Crippen molar-refractivity contribution in [2.75, 3.05) is 19.4 Å². The number of amides is 2. The van der Waals surface area contributed by atoms with Crippen LogP contribution in [0.1, 0.15) is 44.5 Å². The molecule has 1 aromatic carbocycles. The summed E-state index contributed by atoms with van der Waals surface area (Å²) in [6, 6.07) is 9.10. The van der Waals surface area contributed by atoms with Gasteiger partial charge in [-0.05, 0) is 42.9 Å². The number of nitrogens with one attached hydrogen (secondary N) is 1. The molecule has 4 nitrogen and oxygen atoms in total. The van der Waals surface area contributed by atoms with Crippen molar-refractivity contribution in [3.05, 3.63) is 51.9 Å². The second-order valence-corrected chi connectivity index (χ2v) is 7.68. The fourth-order valence-corrected chi connectivity index (χ4v) is 4.45. The first-order valence-electron chi connectivity index (χ1n) is 8.20. The third kappa shape index (κ3) is 3.22. The Hall–Kier alpha value is -2.14. The van der Waals surface area contributed by atoms with Gasteiger partial charge in [0.1, 0.15) is 5.00 Å². The van der Waals surface area contributed by atoms with Crippen LogP contribution in [0.15, 0.2) is 30.3 Å². The van der Waals surface area contributed by atoms with Crippen LogP contribution in [0.2, 0.25) is 0 Å². The average Bonchev–Trinajstić information content (AvgIpc) is 2.91. The molecule has 0 spiro atoms. The first kappa shape index (κ1) is 16.7. The summed E-state index contributed by atoms with van der Waals surface area (Å²) < 4.78 is 0. The number of anilines is 1. The minimum absolute atomic E-state index is 0.0367. The second-order valence-electron chi connectivity index (χ2n) is 6.58. The van der Waals surface area contributed by atoms with E-state index in [1.807, 2.05) is 18.2 Å². The smallest absolute Gasteiger partial charge is 0.256 e. The Morgan fingerprint density at radius 1 is 1.21 bits per heavy atom. The van der Waals surface area contributed by atoms with E-state index in [4.69, 9.17) is 0 Å². The van der Waals surface area contributed by atoms with Crippen molar-refractivity contribution in [1.29, 1.82) is 0 Å². The summed E-state index contributed by atoms with van der Waals surface area (Å²) in [5.74, 6) is 0.414. The number of nitrogens with zero attached hydrogens (tertiary/aromatic N) is 1. The van der Waals surface area contributed by atoms with Gasteiger partial charge >= 0.3 is 0 Å². The predicted octanol–water partition coefficient (Wildman–Crippen LogP) is 3.83. The highest BCUT2D eigenvalue weighted by atomic mass is 32.1. The van der Waals surface area contributed by atoms with Crippen LogP contribution < -0.4 is 5.32 Å². The molecule has 1 aliphatic carbocycles. The summed E-state index contributed by atoms with van der Waals surface area (Å²) >= 11 is 1.55. The summed E-state index contributed by atoms with van der Waals surface area (Å²) in [7, 11) is 3.50. The summed E-state index contributed by atoms with van der Waals surface area (Å²) in [5.41, 5.74) is 2.40. The zero-order chi connectivity index (χ0) is 17.3. The number of carbonyl (C=O) groups excluding carboxylic acids is 2. The van der Waals surface area contributed by atoms with Crippen LogP contribution in [0.4, 0.5) is 5.00 Å². The van der Waals surface area contributed by atoms with Crippen molar-refractivity contribution in [3.63, 3.8) is 0 Å². The van der Waals surface area contributed by atoms with E-state index < -0.39 is 0 Å². The summed E-state index contributed by atoms with van der Waals surface area (Å²) in [4.78, 5) is 28.0. The lowest BCUT2D eigenvalue weighted by Crippen LogP contribution is -2.25. The highest BCUT2D eigenvalue weighted by molar-refractivity contribution is 7.17. The molecule has 126 valence electrons. The molecule has 24 heavy (non-hydrogen) atoms. The topological polar surface area (TPSA) is 49.4 Å². The maximum atomic E-state index is 12.7. The van der Waals surface area contributed by atoms with E-state index in [2.05, 4.69) is 12.2 Å². The molecule has 0 radical (unpaired) electrons. The molecule has 1 unspecified atom stereocenters. The lowest BCUT2D eigenvalue weighted by molar-refractivity contribution is 0.0827. The molecule has 3 rings (SSSR count). The number of benzene rings is 1. The van der Waals surface area contributed by atoms with E-state index in [1.54, 1.807) is 42.5 Å². The molecule has 0 saturated carbocycles. The minimum Gasteiger partial charge on any atom is -0.345 e. The Bertz CT molecular complexity index is 765. The SMILES string of the molecule is CC1CCc2c(sc(NC(=O)c3ccccc3)c2C(=O)N(C)C)C1. The Morgan fingerprint density at radius 2 is 1.92 bits per heavy atom. The molecule has 0 saturated heterocycles. The van der Waals surface area contributed by atoms with Gasteiger partial charge in [-0.2, -0.15) is 0 Å². The molecule has 1 N–H and O–H groups in total. The van der Waals surface area contributed by atoms with Crippen molar-refractivity contribution in [2.24, 2.45) is 5.92 Å². The number of carbonyl (C=O) groups is 2. The van der Waals surface area contributed by atoms with E-state index >= 15 is 0 Å². The van der Waals surface area contributed by atoms with Gasteiger partial charge in [-0.15, -0.1) is 11.3 Å². The van der Waals surface area contributed by atoms with Crippen LogP contribution in [0.5, 0.6) is 0 Å². The maximum absolute atomic E-state index is 12.7. The van der Waals surface area contributed by atoms with E-state index in [9.17, 15) is 9.59 Å². The molecular formula is C19H22N2O2S. The average molecular weight is 342 g/mol. The summed E-state index contributed by atoms with van der Waals surface area (Å²) in [5, 5.41) is 3.65. The van der Waals surface area contributed by atoms with Crippen molar-refractivity contribution in [3.8, 4) is 0 Å². The largest absolute Gasteiger partial charge is 0.345 e. The second kappa shape index (κ2) is 6.77. The summed E-state index contributed by atoms with van der Waals surface area (Å²) in [6.45, 7) is 2.23. The van der Waals surface area contributed by atoms with Gasteiger partial charge in [-0.25, -0.2) is 0 Å². The lowest BCUT2D eigenvalue weighted by Gasteiger charge is -2.19. The van der Waals surface area contributed by atoms with E-state index in [1.165, 1.54) is 4.88 Å². The van der Waals surface area contributed by atoms with Gasteiger partial charge in [0.15, 0.2) is 0 Å². The number of rotatable bonds is 3. The van der Waals surface area contributed by atoms with Gasteiger partial charge < -0.3 is 10.2 Å². The highest BCUT2D eigenvalue weighted by Gasteiger charge is 2.29. The fourth-order valence-electron chi connectivity index (χ4n) is 3.05. The van der Waals surface area contributed by atoms with Gasteiger partial charge in [0.25, 0.3) is 11.8 Å². The van der Waals surface area contributed by atoms with Crippen molar-refractivity contribution < 1.29 is 9.59 Å². The normalized spacial score (nSPS) is 16.4. The zero-order valence-corrected chi connectivity index (χ0v) is 15.1. The first-order chi connectivity index (χ1) is 11.5. The van der Waals surface area contributed by atoms with Crippen LogP contribution in [-0.2, 0) is 12.8 Å². The fraction of sp³-hybridized carbons (Fsp3) is 0.368. The summed E-state index contributed by atoms with van der Waals surface area (Å²) in [6.07, 6.45) is 2.97. The molecule has 1 atom stereocenters. The van der Waals surface area contributed by atoms with Crippen molar-refractivity contribution in [2.45, 2.75) is 26.2 Å². The third-order valence-corrected chi connectivity index (χ3v) is 5.56. The van der Waals surface area contributed by atoms with E-state index in [-0.39, 0.29) is 11.8 Å². The van der Waals surface area contributed by atoms with Gasteiger partial charge in [0, 0.05) is 24.5 Å². The Labute approximate surface area is 146 Å². The number of fused-ring (bicyclic) bond motifs is 1.